The van der Waals surface area contributed by atoms with Gasteiger partial charge >= 0.3 is 0 Å². The van der Waals surface area contributed by atoms with Crippen molar-refractivity contribution in [2.75, 3.05) is 30.9 Å². The Hall–Kier alpha value is -3.33. The second-order valence-corrected chi connectivity index (χ2v) is 7.50. The summed E-state index contributed by atoms with van der Waals surface area (Å²) in [5.41, 5.74) is 3.55. The number of nitrogens with one attached hydrogen (secondary N) is 1. The molecule has 3 aromatic heterocycles. The molecule has 1 N–H and O–H groups in total. The van der Waals surface area contributed by atoms with Crippen molar-refractivity contribution in [3.05, 3.63) is 47.8 Å². The molecular formula is C20H23N7O2. The highest BCUT2D eigenvalue weighted by atomic mass is 16.2. The molecule has 0 aliphatic carbocycles. The number of hydrogen-bond acceptors (Lipinski definition) is 6. The largest absolute Gasteiger partial charge is 0.319 e. The van der Waals surface area contributed by atoms with Gasteiger partial charge in [0.05, 0.1) is 29.8 Å². The van der Waals surface area contributed by atoms with E-state index in [1.54, 1.807) is 4.90 Å². The number of amides is 2. The highest BCUT2D eigenvalue weighted by Crippen LogP contribution is 2.21. The summed E-state index contributed by atoms with van der Waals surface area (Å²) in [6.07, 6.45) is 7.32. The second kappa shape index (κ2) is 7.25. The normalized spacial score (nSPS) is 16.8. The minimum atomic E-state index is -0.362. The van der Waals surface area contributed by atoms with Gasteiger partial charge in [-0.2, -0.15) is 0 Å². The van der Waals surface area contributed by atoms with Crippen LogP contribution in [-0.4, -0.2) is 62.7 Å². The number of pyridine rings is 1. The number of hydrogen-bond donors (Lipinski definition) is 1. The van der Waals surface area contributed by atoms with Crippen LogP contribution in [0, 0.1) is 13.8 Å². The lowest BCUT2D eigenvalue weighted by molar-refractivity contribution is -0.120. The summed E-state index contributed by atoms with van der Waals surface area (Å²) in [5.74, 6) is 0.0986. The number of nitrogens with zero attached hydrogens (tertiary/aromatic N) is 6. The number of aromatic nitrogens is 4. The van der Waals surface area contributed by atoms with E-state index in [0.29, 0.717) is 18.1 Å². The summed E-state index contributed by atoms with van der Waals surface area (Å²) in [7, 11) is 3.77. The summed E-state index contributed by atoms with van der Waals surface area (Å²) in [6.45, 7) is 4.46. The molecule has 1 aliphatic heterocycles. The zero-order valence-electron chi connectivity index (χ0n) is 16.9. The zero-order chi connectivity index (χ0) is 20.7. The Kier molecular flexibility index (Phi) is 4.75. The van der Waals surface area contributed by atoms with Crippen LogP contribution in [0.3, 0.4) is 0 Å². The van der Waals surface area contributed by atoms with Crippen LogP contribution in [0.25, 0.3) is 5.65 Å². The van der Waals surface area contributed by atoms with Crippen LogP contribution in [0.1, 0.15) is 28.2 Å². The Morgan fingerprint density at radius 2 is 2.00 bits per heavy atom. The standard InChI is InChI=1S/C20H23N7O2/c1-12-7-14(11-26-10-13(2)23-18(12)26)24-19(28)15-8-22-17(9-21-15)27-6-5-16(20(27)29)25(3)4/h7-11,16H,5-6H2,1-4H3,(H,24,28). The van der Waals surface area contributed by atoms with Gasteiger partial charge in [0, 0.05) is 18.9 Å². The quantitative estimate of drug-likeness (QED) is 0.724. The molecule has 1 fully saturated rings. The molecule has 150 valence electrons. The zero-order valence-corrected chi connectivity index (χ0v) is 16.9. The van der Waals surface area contributed by atoms with Crippen molar-refractivity contribution in [1.82, 2.24) is 24.3 Å². The SMILES string of the molecule is Cc1cn2cc(NC(=O)c3cnc(N4CCC(N(C)C)C4=O)cn3)cc(C)c2n1. The molecule has 4 heterocycles. The molecular weight excluding hydrogens is 370 g/mol. The third-order valence-corrected chi connectivity index (χ3v) is 5.06. The lowest BCUT2D eigenvalue weighted by atomic mass is 10.2. The summed E-state index contributed by atoms with van der Waals surface area (Å²) >= 11 is 0. The molecule has 0 aromatic carbocycles. The maximum Gasteiger partial charge on any atom is 0.275 e. The molecule has 0 bridgehead atoms. The minimum absolute atomic E-state index is 0.000838. The molecule has 9 nitrogen and oxygen atoms in total. The average molecular weight is 393 g/mol. The number of rotatable bonds is 4. The van der Waals surface area contributed by atoms with Crippen LogP contribution in [-0.2, 0) is 4.79 Å². The Labute approximate surface area is 168 Å². The molecule has 9 heteroatoms. The molecule has 0 spiro atoms. The maximum atomic E-state index is 12.6. The van der Waals surface area contributed by atoms with Crippen molar-refractivity contribution in [2.45, 2.75) is 26.3 Å². The number of anilines is 2. The van der Waals surface area contributed by atoms with Crippen molar-refractivity contribution in [3.63, 3.8) is 0 Å². The molecule has 4 rings (SSSR count). The predicted octanol–water partition coefficient (Wildman–Crippen LogP) is 1.66. The van der Waals surface area contributed by atoms with Crippen LogP contribution in [0.15, 0.2) is 30.9 Å². The Balaban J connectivity index is 1.49. The van der Waals surface area contributed by atoms with E-state index < -0.39 is 0 Å². The third-order valence-electron chi connectivity index (χ3n) is 5.06. The van der Waals surface area contributed by atoms with E-state index in [9.17, 15) is 9.59 Å². The van der Waals surface area contributed by atoms with E-state index in [-0.39, 0.29) is 23.6 Å². The maximum absolute atomic E-state index is 12.6. The lowest BCUT2D eigenvalue weighted by Crippen LogP contribution is -2.37. The highest BCUT2D eigenvalue weighted by molar-refractivity contribution is 6.03. The van der Waals surface area contributed by atoms with E-state index in [2.05, 4.69) is 20.3 Å². The molecule has 3 aromatic rings. The fraction of sp³-hybridized carbons (Fsp3) is 0.350. The van der Waals surface area contributed by atoms with Gasteiger partial charge in [-0.05, 0) is 46.0 Å². The summed E-state index contributed by atoms with van der Waals surface area (Å²) in [5, 5.41) is 2.84. The van der Waals surface area contributed by atoms with Gasteiger partial charge in [0.25, 0.3) is 5.91 Å². The van der Waals surface area contributed by atoms with Gasteiger partial charge < -0.3 is 9.72 Å². The predicted molar refractivity (Wildman–Crippen MR) is 109 cm³/mol. The van der Waals surface area contributed by atoms with Gasteiger partial charge in [0.1, 0.15) is 11.3 Å². The summed E-state index contributed by atoms with van der Waals surface area (Å²) < 4.78 is 1.88. The molecule has 1 atom stereocenters. The van der Waals surface area contributed by atoms with Crippen molar-refractivity contribution < 1.29 is 9.59 Å². The highest BCUT2D eigenvalue weighted by Gasteiger charge is 2.34. The van der Waals surface area contributed by atoms with Crippen molar-refractivity contribution in [1.29, 1.82) is 0 Å². The number of carbonyl (C=O) groups is 2. The number of fused-ring (bicyclic) bond motifs is 1. The van der Waals surface area contributed by atoms with Crippen LogP contribution in [0.4, 0.5) is 11.5 Å². The van der Waals surface area contributed by atoms with Gasteiger partial charge in [-0.15, -0.1) is 0 Å². The van der Waals surface area contributed by atoms with Gasteiger partial charge in [0.15, 0.2) is 5.82 Å². The van der Waals surface area contributed by atoms with Gasteiger partial charge in [-0.1, -0.05) is 0 Å². The number of likely N-dealkylation sites (N-methyl/N-ethyl adjacent to an activating group) is 1. The number of carbonyl (C=O) groups excluding carboxylic acids is 2. The molecule has 0 radical (unpaired) electrons. The smallest absolute Gasteiger partial charge is 0.275 e. The monoisotopic (exact) mass is 393 g/mol. The number of aryl methyl sites for hydroxylation is 2. The number of imidazole rings is 1. The molecule has 0 saturated carbocycles. The summed E-state index contributed by atoms with van der Waals surface area (Å²) in [4.78, 5) is 41.5. The fourth-order valence-electron chi connectivity index (χ4n) is 3.60. The van der Waals surface area contributed by atoms with E-state index in [4.69, 9.17) is 0 Å². The molecule has 29 heavy (non-hydrogen) atoms. The first-order chi connectivity index (χ1) is 13.8. The van der Waals surface area contributed by atoms with Crippen LogP contribution in [0.2, 0.25) is 0 Å². The van der Waals surface area contributed by atoms with E-state index in [0.717, 1.165) is 23.3 Å². The fourth-order valence-corrected chi connectivity index (χ4v) is 3.60. The molecule has 2 amide bonds. The minimum Gasteiger partial charge on any atom is -0.319 e. The Morgan fingerprint density at radius 3 is 2.66 bits per heavy atom. The second-order valence-electron chi connectivity index (χ2n) is 7.50. The first-order valence-electron chi connectivity index (χ1n) is 9.40. The molecule has 1 unspecified atom stereocenters. The van der Waals surface area contributed by atoms with Crippen LogP contribution >= 0.6 is 0 Å². The lowest BCUT2D eigenvalue weighted by Gasteiger charge is -2.19. The summed E-state index contributed by atoms with van der Waals surface area (Å²) in [6, 6.07) is 1.72. The van der Waals surface area contributed by atoms with Gasteiger partial charge in [-0.25, -0.2) is 15.0 Å². The van der Waals surface area contributed by atoms with Crippen LogP contribution in [0.5, 0.6) is 0 Å². The van der Waals surface area contributed by atoms with E-state index in [1.807, 2.05) is 55.7 Å². The Bertz CT molecular complexity index is 1090. The average Bonchev–Trinajstić information content (AvgIpc) is 3.24. The van der Waals surface area contributed by atoms with Crippen molar-refractivity contribution in [2.24, 2.45) is 0 Å². The molecule has 1 saturated heterocycles. The van der Waals surface area contributed by atoms with Gasteiger partial charge in [0.2, 0.25) is 5.91 Å². The van der Waals surface area contributed by atoms with Crippen molar-refractivity contribution >= 4 is 29.0 Å². The van der Waals surface area contributed by atoms with Crippen LogP contribution < -0.4 is 10.2 Å². The Morgan fingerprint density at radius 1 is 1.21 bits per heavy atom. The van der Waals surface area contributed by atoms with E-state index >= 15 is 0 Å². The first-order valence-corrected chi connectivity index (χ1v) is 9.40. The van der Waals surface area contributed by atoms with Gasteiger partial charge in [-0.3, -0.25) is 19.4 Å². The van der Waals surface area contributed by atoms with Crippen molar-refractivity contribution in [3.8, 4) is 0 Å². The first kappa shape index (κ1) is 19.0. The topological polar surface area (TPSA) is 95.7 Å². The van der Waals surface area contributed by atoms with E-state index in [1.165, 1.54) is 12.4 Å². The molecule has 1 aliphatic rings. The third kappa shape index (κ3) is 3.56.